The van der Waals surface area contributed by atoms with Gasteiger partial charge in [0.2, 0.25) is 5.91 Å². The van der Waals surface area contributed by atoms with E-state index in [1.807, 2.05) is 6.07 Å². The Labute approximate surface area is 141 Å². The zero-order valence-corrected chi connectivity index (χ0v) is 14.0. The number of thiophene rings is 1. The molecule has 0 unspecified atom stereocenters. The highest BCUT2D eigenvalue weighted by molar-refractivity contribution is 7.09. The highest BCUT2D eigenvalue weighted by Crippen LogP contribution is 2.47. The van der Waals surface area contributed by atoms with Gasteiger partial charge in [-0.25, -0.2) is 0 Å². The molecule has 1 spiro atoms. The normalized spacial score (nSPS) is 25.8. The monoisotopic (exact) mass is 326 g/mol. The van der Waals surface area contributed by atoms with Gasteiger partial charge in [0, 0.05) is 28.4 Å². The lowest BCUT2D eigenvalue weighted by atomic mass is 9.67. The van der Waals surface area contributed by atoms with Crippen molar-refractivity contribution in [2.45, 2.75) is 37.6 Å². The average Bonchev–Trinajstić information content (AvgIpc) is 3.23. The van der Waals surface area contributed by atoms with Crippen molar-refractivity contribution >= 4 is 22.9 Å². The first-order valence-corrected chi connectivity index (χ1v) is 9.28. The Morgan fingerprint density at radius 1 is 1.22 bits per heavy atom. The summed E-state index contributed by atoms with van der Waals surface area (Å²) in [6.07, 6.45) is 4.20. The molecule has 2 heterocycles. The highest BCUT2D eigenvalue weighted by Gasteiger charge is 2.42. The summed E-state index contributed by atoms with van der Waals surface area (Å²) in [4.78, 5) is 13.6. The third-order valence-corrected chi connectivity index (χ3v) is 6.32. The van der Waals surface area contributed by atoms with E-state index in [0.717, 1.165) is 32.2 Å². The second kappa shape index (κ2) is 6.00. The summed E-state index contributed by atoms with van der Waals surface area (Å²) in [5.74, 6) is 0.404. The molecular weight excluding hydrogens is 304 g/mol. The van der Waals surface area contributed by atoms with Crippen LogP contribution >= 0.6 is 11.3 Å². The number of fused-ring (bicyclic) bond motifs is 2. The van der Waals surface area contributed by atoms with Gasteiger partial charge in [-0.15, -0.1) is 11.3 Å². The Morgan fingerprint density at radius 3 is 2.83 bits per heavy atom. The molecule has 2 aliphatic rings. The van der Waals surface area contributed by atoms with E-state index in [1.54, 1.807) is 11.3 Å². The van der Waals surface area contributed by atoms with Crippen molar-refractivity contribution in [2.24, 2.45) is 5.92 Å². The second-order valence-electron chi connectivity index (χ2n) is 6.75. The van der Waals surface area contributed by atoms with Crippen molar-refractivity contribution in [1.29, 1.82) is 0 Å². The van der Waals surface area contributed by atoms with Crippen molar-refractivity contribution in [2.75, 3.05) is 11.9 Å². The first kappa shape index (κ1) is 14.8. The predicted octanol–water partition coefficient (Wildman–Crippen LogP) is 3.92. The third kappa shape index (κ3) is 2.76. The summed E-state index contributed by atoms with van der Waals surface area (Å²) < 4.78 is 0. The van der Waals surface area contributed by atoms with Crippen LogP contribution < -0.4 is 10.6 Å². The molecular formula is C19H22N2OS. The van der Waals surface area contributed by atoms with Crippen LogP contribution in [0.25, 0.3) is 0 Å². The first-order chi connectivity index (χ1) is 11.3. The number of rotatable bonds is 3. The number of anilines is 1. The fourth-order valence-corrected chi connectivity index (χ4v) is 4.71. The van der Waals surface area contributed by atoms with Gasteiger partial charge in [0.05, 0.1) is 6.54 Å². The van der Waals surface area contributed by atoms with Gasteiger partial charge in [-0.1, -0.05) is 24.3 Å². The largest absolute Gasteiger partial charge is 0.384 e. The molecule has 2 N–H and O–H groups in total. The number of benzene rings is 1. The number of carbonyl (C=O) groups excluding carboxylic acids is 1. The number of nitrogens with one attached hydrogen (secondary N) is 2. The molecule has 3 nitrogen and oxygen atoms in total. The van der Waals surface area contributed by atoms with Crippen LogP contribution in [0, 0.1) is 5.92 Å². The molecule has 0 radical (unpaired) electrons. The number of para-hydroxylation sites is 1. The Morgan fingerprint density at radius 2 is 2.04 bits per heavy atom. The molecule has 1 fully saturated rings. The Bertz CT molecular complexity index is 687. The van der Waals surface area contributed by atoms with Crippen molar-refractivity contribution < 1.29 is 4.79 Å². The molecule has 0 atom stereocenters. The molecule has 120 valence electrons. The van der Waals surface area contributed by atoms with E-state index in [1.165, 1.54) is 16.1 Å². The van der Waals surface area contributed by atoms with Crippen LogP contribution in [0.3, 0.4) is 0 Å². The second-order valence-corrected chi connectivity index (χ2v) is 7.78. The molecule has 0 saturated heterocycles. The molecule has 1 aliphatic heterocycles. The van der Waals surface area contributed by atoms with Crippen LogP contribution in [0.5, 0.6) is 0 Å². The van der Waals surface area contributed by atoms with E-state index in [4.69, 9.17) is 0 Å². The van der Waals surface area contributed by atoms with Crippen LogP contribution in [0.2, 0.25) is 0 Å². The van der Waals surface area contributed by atoms with Gasteiger partial charge >= 0.3 is 0 Å². The van der Waals surface area contributed by atoms with E-state index in [9.17, 15) is 4.79 Å². The molecule has 2 aromatic rings. The maximum absolute atomic E-state index is 12.4. The number of hydrogen-bond donors (Lipinski definition) is 2. The summed E-state index contributed by atoms with van der Waals surface area (Å²) >= 11 is 1.70. The van der Waals surface area contributed by atoms with Crippen LogP contribution in [-0.2, 0) is 16.8 Å². The van der Waals surface area contributed by atoms with Gasteiger partial charge in [0.15, 0.2) is 0 Å². The zero-order valence-electron chi connectivity index (χ0n) is 13.2. The predicted molar refractivity (Wildman–Crippen MR) is 94.7 cm³/mol. The SMILES string of the molecule is O=C(NCc1cccs1)C1CCC2(CC1)CNc1ccccc12. The third-order valence-electron chi connectivity index (χ3n) is 5.45. The molecule has 1 aromatic heterocycles. The van der Waals surface area contributed by atoms with E-state index in [0.29, 0.717) is 6.54 Å². The standard InChI is InChI=1S/C19H22N2OS/c22-18(20-12-15-4-3-11-23-15)14-7-9-19(10-8-14)13-21-17-6-2-1-5-16(17)19/h1-6,11,14,21H,7-10,12-13H2,(H,20,22). The molecule has 4 rings (SSSR count). The van der Waals surface area contributed by atoms with E-state index >= 15 is 0 Å². The maximum Gasteiger partial charge on any atom is 0.223 e. The van der Waals surface area contributed by atoms with Crippen molar-refractivity contribution in [3.63, 3.8) is 0 Å². The van der Waals surface area contributed by atoms with E-state index in [-0.39, 0.29) is 17.2 Å². The number of carbonyl (C=O) groups is 1. The molecule has 1 saturated carbocycles. The van der Waals surface area contributed by atoms with Gasteiger partial charge < -0.3 is 10.6 Å². The summed E-state index contributed by atoms with van der Waals surface area (Å²) in [5, 5.41) is 8.71. The lowest BCUT2D eigenvalue weighted by Crippen LogP contribution is -2.39. The summed E-state index contributed by atoms with van der Waals surface area (Å²) in [5.41, 5.74) is 2.99. The Hall–Kier alpha value is -1.81. The minimum Gasteiger partial charge on any atom is -0.384 e. The van der Waals surface area contributed by atoms with Gasteiger partial charge in [-0.2, -0.15) is 0 Å². The lowest BCUT2D eigenvalue weighted by Gasteiger charge is -2.36. The Balaban J connectivity index is 1.37. The van der Waals surface area contributed by atoms with Gasteiger partial charge in [-0.3, -0.25) is 4.79 Å². The van der Waals surface area contributed by atoms with Crippen molar-refractivity contribution in [1.82, 2.24) is 5.32 Å². The van der Waals surface area contributed by atoms with Gasteiger partial charge in [-0.05, 0) is 48.8 Å². The lowest BCUT2D eigenvalue weighted by molar-refractivity contribution is -0.126. The van der Waals surface area contributed by atoms with Crippen LogP contribution in [0.4, 0.5) is 5.69 Å². The van der Waals surface area contributed by atoms with E-state index < -0.39 is 0 Å². The smallest absolute Gasteiger partial charge is 0.223 e. The van der Waals surface area contributed by atoms with Crippen molar-refractivity contribution in [3.8, 4) is 0 Å². The quantitative estimate of drug-likeness (QED) is 0.897. The first-order valence-electron chi connectivity index (χ1n) is 8.40. The van der Waals surface area contributed by atoms with Gasteiger partial charge in [0.1, 0.15) is 0 Å². The molecule has 4 heteroatoms. The molecule has 1 aromatic carbocycles. The van der Waals surface area contributed by atoms with Crippen LogP contribution in [0.15, 0.2) is 41.8 Å². The summed E-state index contributed by atoms with van der Waals surface area (Å²) in [7, 11) is 0. The minimum atomic E-state index is 0.174. The minimum absolute atomic E-state index is 0.174. The fraction of sp³-hybridized carbons (Fsp3) is 0.421. The zero-order chi connectivity index (χ0) is 15.7. The van der Waals surface area contributed by atoms with E-state index in [2.05, 4.69) is 46.3 Å². The van der Waals surface area contributed by atoms with Gasteiger partial charge in [0.25, 0.3) is 0 Å². The molecule has 23 heavy (non-hydrogen) atoms. The Kier molecular flexibility index (Phi) is 3.85. The number of amides is 1. The molecule has 1 amide bonds. The summed E-state index contributed by atoms with van der Waals surface area (Å²) in [6.45, 7) is 1.69. The highest BCUT2D eigenvalue weighted by atomic mass is 32.1. The summed E-state index contributed by atoms with van der Waals surface area (Å²) in [6, 6.07) is 12.8. The maximum atomic E-state index is 12.4. The van der Waals surface area contributed by atoms with Crippen molar-refractivity contribution in [3.05, 3.63) is 52.2 Å². The topological polar surface area (TPSA) is 41.1 Å². The fourth-order valence-electron chi connectivity index (χ4n) is 4.07. The average molecular weight is 326 g/mol. The number of hydrogen-bond acceptors (Lipinski definition) is 3. The van der Waals surface area contributed by atoms with Crippen LogP contribution in [0.1, 0.15) is 36.1 Å². The molecule has 0 bridgehead atoms. The van der Waals surface area contributed by atoms with Crippen LogP contribution in [-0.4, -0.2) is 12.5 Å². The molecule has 1 aliphatic carbocycles.